The molecule has 7 heteroatoms. The predicted octanol–water partition coefficient (Wildman–Crippen LogP) is 3.24. The molecule has 1 saturated heterocycles. The third-order valence-electron chi connectivity index (χ3n) is 5.61. The fourth-order valence-corrected chi connectivity index (χ4v) is 3.91. The molecule has 2 aromatic rings. The van der Waals surface area contributed by atoms with Gasteiger partial charge in [-0.05, 0) is 49.4 Å². The zero-order chi connectivity index (χ0) is 20.6. The van der Waals surface area contributed by atoms with Gasteiger partial charge in [-0.25, -0.2) is 9.78 Å². The van der Waals surface area contributed by atoms with Gasteiger partial charge in [0, 0.05) is 37.9 Å². The quantitative estimate of drug-likeness (QED) is 0.733. The summed E-state index contributed by atoms with van der Waals surface area (Å²) in [6.45, 7) is 4.01. The maximum Gasteiger partial charge on any atom is 0.315 e. The van der Waals surface area contributed by atoms with Gasteiger partial charge in [0.1, 0.15) is 11.6 Å². The Morgan fingerprint density at radius 2 is 1.87 bits per heavy atom. The fraction of sp³-hybridized carbons (Fsp3) is 0.478. The molecule has 0 radical (unpaired) electrons. The molecule has 160 valence electrons. The van der Waals surface area contributed by atoms with Crippen LogP contribution in [0.25, 0.3) is 0 Å². The highest BCUT2D eigenvalue weighted by atomic mass is 16.5. The first-order chi connectivity index (χ1) is 14.8. The summed E-state index contributed by atoms with van der Waals surface area (Å²) in [4.78, 5) is 19.0. The molecule has 0 atom stereocenters. The van der Waals surface area contributed by atoms with Crippen molar-refractivity contribution in [2.45, 2.75) is 44.9 Å². The van der Waals surface area contributed by atoms with Gasteiger partial charge in [0.2, 0.25) is 0 Å². The van der Waals surface area contributed by atoms with E-state index in [1.807, 2.05) is 36.4 Å². The average Bonchev–Trinajstić information content (AvgIpc) is 3.31. The fourth-order valence-electron chi connectivity index (χ4n) is 3.91. The number of nitrogens with zero attached hydrogens (tertiary/aromatic N) is 2. The Balaban J connectivity index is 1.26. The largest absolute Gasteiger partial charge is 0.490 e. The van der Waals surface area contributed by atoms with E-state index in [1.54, 1.807) is 6.20 Å². The number of morpholine rings is 1. The average molecular weight is 411 g/mol. The summed E-state index contributed by atoms with van der Waals surface area (Å²) in [6, 6.07) is 11.7. The molecule has 0 spiro atoms. The van der Waals surface area contributed by atoms with Gasteiger partial charge in [-0.15, -0.1) is 0 Å². The van der Waals surface area contributed by atoms with Gasteiger partial charge in [-0.1, -0.05) is 18.2 Å². The van der Waals surface area contributed by atoms with E-state index < -0.39 is 0 Å². The summed E-state index contributed by atoms with van der Waals surface area (Å²) in [6.07, 6.45) is 6.77. The zero-order valence-electron chi connectivity index (χ0n) is 17.3. The Labute approximate surface area is 177 Å². The number of rotatable bonds is 7. The molecule has 2 aliphatic rings. The molecule has 4 rings (SSSR count). The molecular weight excluding hydrogens is 380 g/mol. The molecule has 2 heterocycles. The van der Waals surface area contributed by atoms with Crippen molar-refractivity contribution in [3.05, 3.63) is 53.7 Å². The number of amides is 2. The number of anilines is 1. The van der Waals surface area contributed by atoms with Crippen LogP contribution in [0.1, 0.15) is 36.8 Å². The van der Waals surface area contributed by atoms with Crippen LogP contribution in [0.15, 0.2) is 42.6 Å². The molecule has 7 nitrogen and oxygen atoms in total. The van der Waals surface area contributed by atoms with Gasteiger partial charge in [0.25, 0.3) is 0 Å². The first-order valence-corrected chi connectivity index (χ1v) is 10.8. The third-order valence-corrected chi connectivity index (χ3v) is 5.61. The highest BCUT2D eigenvalue weighted by Gasteiger charge is 2.18. The van der Waals surface area contributed by atoms with Crippen molar-refractivity contribution >= 4 is 11.8 Å². The van der Waals surface area contributed by atoms with E-state index in [2.05, 4.69) is 20.5 Å². The van der Waals surface area contributed by atoms with E-state index in [-0.39, 0.29) is 6.03 Å². The van der Waals surface area contributed by atoms with E-state index in [0.29, 0.717) is 19.2 Å². The minimum absolute atomic E-state index is 0.199. The SMILES string of the molecule is O=C(NCc1ccnc(N2CCOCC2)c1)NCc1ccccc1OC1CCCC1. The first-order valence-electron chi connectivity index (χ1n) is 10.8. The van der Waals surface area contributed by atoms with Gasteiger partial charge in [0.05, 0.1) is 19.3 Å². The van der Waals surface area contributed by atoms with Crippen molar-refractivity contribution in [2.75, 3.05) is 31.2 Å². The number of nitrogens with one attached hydrogen (secondary N) is 2. The Hall–Kier alpha value is -2.80. The van der Waals surface area contributed by atoms with Gasteiger partial charge < -0.3 is 25.0 Å². The molecule has 2 fully saturated rings. The van der Waals surface area contributed by atoms with Crippen LogP contribution in [-0.2, 0) is 17.8 Å². The van der Waals surface area contributed by atoms with Crippen LogP contribution in [0.3, 0.4) is 0 Å². The number of benzene rings is 1. The minimum atomic E-state index is -0.199. The van der Waals surface area contributed by atoms with E-state index in [4.69, 9.17) is 9.47 Å². The molecule has 2 N–H and O–H groups in total. The maximum absolute atomic E-state index is 12.3. The van der Waals surface area contributed by atoms with Crippen molar-refractivity contribution < 1.29 is 14.3 Å². The molecule has 30 heavy (non-hydrogen) atoms. The van der Waals surface area contributed by atoms with Crippen LogP contribution < -0.4 is 20.3 Å². The van der Waals surface area contributed by atoms with Crippen LogP contribution >= 0.6 is 0 Å². The summed E-state index contributed by atoms with van der Waals surface area (Å²) in [5, 5.41) is 5.87. The molecule has 1 aromatic carbocycles. The van der Waals surface area contributed by atoms with Gasteiger partial charge in [0.15, 0.2) is 0 Å². The zero-order valence-corrected chi connectivity index (χ0v) is 17.3. The standard InChI is InChI=1S/C23H30N4O3/c28-23(25-16-18-9-10-24-22(15-18)27-11-13-29-14-12-27)26-17-19-5-1-4-8-21(19)30-20-6-2-3-7-20/h1,4-5,8-10,15,20H,2-3,6-7,11-14,16-17H2,(H2,25,26,28). The number of pyridine rings is 1. The lowest BCUT2D eigenvalue weighted by Gasteiger charge is -2.28. The number of ether oxygens (including phenoxy) is 2. The number of urea groups is 1. The van der Waals surface area contributed by atoms with Gasteiger partial charge >= 0.3 is 6.03 Å². The molecule has 1 aliphatic carbocycles. The van der Waals surface area contributed by atoms with E-state index in [9.17, 15) is 4.79 Å². The summed E-state index contributed by atoms with van der Waals surface area (Å²) in [7, 11) is 0. The lowest BCUT2D eigenvalue weighted by atomic mass is 10.2. The van der Waals surface area contributed by atoms with E-state index in [0.717, 1.165) is 61.8 Å². The number of carbonyl (C=O) groups is 1. The number of hydrogen-bond donors (Lipinski definition) is 2. The minimum Gasteiger partial charge on any atom is -0.490 e. The Kier molecular flexibility index (Phi) is 7.03. The van der Waals surface area contributed by atoms with Crippen LogP contribution in [0, 0.1) is 0 Å². The summed E-state index contributed by atoms with van der Waals surface area (Å²) < 4.78 is 11.5. The number of hydrogen-bond acceptors (Lipinski definition) is 5. The number of para-hydroxylation sites is 1. The molecule has 1 aromatic heterocycles. The van der Waals surface area contributed by atoms with Crippen molar-refractivity contribution in [3.8, 4) is 5.75 Å². The second-order valence-corrected chi connectivity index (χ2v) is 7.79. The van der Waals surface area contributed by atoms with Gasteiger partial charge in [-0.2, -0.15) is 0 Å². The Morgan fingerprint density at radius 3 is 2.70 bits per heavy atom. The second-order valence-electron chi connectivity index (χ2n) is 7.79. The monoisotopic (exact) mass is 410 g/mol. The third kappa shape index (κ3) is 5.63. The predicted molar refractivity (Wildman–Crippen MR) is 116 cm³/mol. The molecular formula is C23H30N4O3. The topological polar surface area (TPSA) is 75.7 Å². The molecule has 2 amide bonds. The van der Waals surface area contributed by atoms with Crippen molar-refractivity contribution in [1.29, 1.82) is 0 Å². The lowest BCUT2D eigenvalue weighted by molar-refractivity contribution is 0.122. The molecule has 1 aliphatic heterocycles. The van der Waals surface area contributed by atoms with Crippen molar-refractivity contribution in [2.24, 2.45) is 0 Å². The highest BCUT2D eigenvalue weighted by Crippen LogP contribution is 2.26. The summed E-state index contributed by atoms with van der Waals surface area (Å²) >= 11 is 0. The number of carbonyl (C=O) groups excluding carboxylic acids is 1. The number of aromatic nitrogens is 1. The summed E-state index contributed by atoms with van der Waals surface area (Å²) in [5.74, 6) is 1.80. The maximum atomic E-state index is 12.3. The van der Waals surface area contributed by atoms with E-state index in [1.165, 1.54) is 12.8 Å². The molecule has 1 saturated carbocycles. The molecule has 0 unspecified atom stereocenters. The van der Waals surface area contributed by atoms with Crippen molar-refractivity contribution in [1.82, 2.24) is 15.6 Å². The van der Waals surface area contributed by atoms with Crippen LogP contribution in [-0.4, -0.2) is 43.4 Å². The molecule has 0 bridgehead atoms. The summed E-state index contributed by atoms with van der Waals surface area (Å²) in [5.41, 5.74) is 2.02. The van der Waals surface area contributed by atoms with Crippen LogP contribution in [0.5, 0.6) is 5.75 Å². The first kappa shape index (κ1) is 20.5. The van der Waals surface area contributed by atoms with Crippen LogP contribution in [0.4, 0.5) is 10.6 Å². The van der Waals surface area contributed by atoms with Crippen LogP contribution in [0.2, 0.25) is 0 Å². The highest BCUT2D eigenvalue weighted by molar-refractivity contribution is 5.74. The van der Waals surface area contributed by atoms with E-state index >= 15 is 0 Å². The normalized spacial score (nSPS) is 17.0. The smallest absolute Gasteiger partial charge is 0.315 e. The lowest BCUT2D eigenvalue weighted by Crippen LogP contribution is -2.37. The van der Waals surface area contributed by atoms with Gasteiger partial charge in [-0.3, -0.25) is 0 Å². The van der Waals surface area contributed by atoms with Crippen molar-refractivity contribution in [3.63, 3.8) is 0 Å². The Bertz CT molecular complexity index is 833. The Morgan fingerprint density at radius 1 is 1.10 bits per heavy atom. The second kappa shape index (κ2) is 10.3.